The molecule has 0 aliphatic carbocycles. The molecule has 186 valence electrons. The summed E-state index contributed by atoms with van der Waals surface area (Å²) in [5.74, 6) is 0.341. The number of nitrogens with one attached hydrogen (secondary N) is 2. The monoisotopic (exact) mass is 501 g/mol. The summed E-state index contributed by atoms with van der Waals surface area (Å²) < 4.78 is 6.86. The zero-order valence-electron chi connectivity index (χ0n) is 19.3. The smallest absolute Gasteiger partial charge is 0.409 e. The summed E-state index contributed by atoms with van der Waals surface area (Å²) in [6.07, 6.45) is 0.0985. The van der Waals surface area contributed by atoms with Crippen LogP contribution in [0.1, 0.15) is 19.2 Å². The molecule has 5 amide bonds. The summed E-state index contributed by atoms with van der Waals surface area (Å²) in [6, 6.07) is 8.54. The van der Waals surface area contributed by atoms with Gasteiger partial charge in [0.1, 0.15) is 5.82 Å². The molecule has 3 heterocycles. The van der Waals surface area contributed by atoms with Gasteiger partial charge in [0, 0.05) is 50.7 Å². The zero-order valence-corrected chi connectivity index (χ0v) is 20.1. The van der Waals surface area contributed by atoms with Crippen LogP contribution in [-0.4, -0.2) is 93.1 Å². The van der Waals surface area contributed by atoms with Gasteiger partial charge in [0.2, 0.25) is 11.8 Å². The molecule has 2 fully saturated rings. The predicted molar refractivity (Wildman–Crippen MR) is 126 cm³/mol. The van der Waals surface area contributed by atoms with Gasteiger partial charge >= 0.3 is 12.1 Å². The number of hydrogen-bond acceptors (Lipinski definition) is 8. The number of imide groups is 1. The molecule has 0 spiro atoms. The fourth-order valence-corrected chi connectivity index (χ4v) is 4.82. The van der Waals surface area contributed by atoms with E-state index >= 15 is 0 Å². The second-order valence-electron chi connectivity index (χ2n) is 8.05. The van der Waals surface area contributed by atoms with Crippen LogP contribution in [0, 0.1) is 0 Å². The molecule has 1 unspecified atom stereocenters. The van der Waals surface area contributed by atoms with E-state index in [1.807, 2.05) is 34.9 Å². The highest BCUT2D eigenvalue weighted by molar-refractivity contribution is 7.99. The van der Waals surface area contributed by atoms with Crippen LogP contribution < -0.4 is 10.6 Å². The number of ether oxygens (including phenoxy) is 1. The Balaban J connectivity index is 1.42. The molecule has 0 radical (unpaired) electrons. The Labute approximate surface area is 206 Å². The van der Waals surface area contributed by atoms with E-state index in [9.17, 15) is 19.2 Å². The van der Waals surface area contributed by atoms with Crippen LogP contribution in [0.2, 0.25) is 0 Å². The molecule has 13 heteroatoms. The van der Waals surface area contributed by atoms with Gasteiger partial charge in [-0.2, -0.15) is 0 Å². The van der Waals surface area contributed by atoms with E-state index < -0.39 is 12.1 Å². The van der Waals surface area contributed by atoms with Gasteiger partial charge in [-0.1, -0.05) is 30.0 Å². The molecular formula is C22H27N7O5S. The number of para-hydroxylation sites is 1. The lowest BCUT2D eigenvalue weighted by Gasteiger charge is -2.34. The van der Waals surface area contributed by atoms with Crippen LogP contribution in [0.4, 0.5) is 9.59 Å². The van der Waals surface area contributed by atoms with Gasteiger partial charge in [-0.05, 0) is 19.1 Å². The molecule has 1 atom stereocenters. The van der Waals surface area contributed by atoms with Crippen LogP contribution in [-0.2, 0) is 20.7 Å². The zero-order chi connectivity index (χ0) is 24.8. The molecule has 2 N–H and O–H groups in total. The van der Waals surface area contributed by atoms with Crippen molar-refractivity contribution in [3.05, 3.63) is 36.2 Å². The number of carbonyl (C=O) groups excluding carboxylic acids is 4. The lowest BCUT2D eigenvalue weighted by atomic mass is 10.1. The predicted octanol–water partition coefficient (Wildman–Crippen LogP) is 0.801. The number of urea groups is 1. The summed E-state index contributed by atoms with van der Waals surface area (Å²) in [5.41, 5.74) is 0.817. The third-order valence-corrected chi connectivity index (χ3v) is 6.56. The fraction of sp³-hybridized carbons (Fsp3) is 0.455. The molecule has 35 heavy (non-hydrogen) atoms. The van der Waals surface area contributed by atoms with E-state index in [1.165, 1.54) is 11.8 Å². The van der Waals surface area contributed by atoms with E-state index in [1.54, 1.807) is 16.7 Å². The minimum absolute atomic E-state index is 0.0566. The average Bonchev–Trinajstić information content (AvgIpc) is 3.25. The number of rotatable bonds is 7. The van der Waals surface area contributed by atoms with Crippen LogP contribution in [0.25, 0.3) is 5.69 Å². The molecule has 12 nitrogen and oxygen atoms in total. The third-order valence-electron chi connectivity index (χ3n) is 5.65. The first-order chi connectivity index (χ1) is 16.9. The molecule has 0 bridgehead atoms. The van der Waals surface area contributed by atoms with Crippen LogP contribution >= 0.6 is 11.8 Å². The molecule has 2 saturated heterocycles. The Morgan fingerprint density at radius 3 is 2.49 bits per heavy atom. The van der Waals surface area contributed by atoms with Crippen molar-refractivity contribution in [2.75, 3.05) is 38.5 Å². The maximum Gasteiger partial charge on any atom is 0.409 e. The SMILES string of the molecule is CCOC(=O)N1CCN(C(=O)CSc2nnc(CC3CC(=O)NC(=O)N3)n2-c2ccccc2)CC1. The highest BCUT2D eigenvalue weighted by Gasteiger charge is 2.28. The molecule has 2 aromatic rings. The van der Waals surface area contributed by atoms with E-state index in [0.29, 0.717) is 50.2 Å². The fourth-order valence-electron chi connectivity index (χ4n) is 3.95. The normalized spacial score (nSPS) is 18.1. The molecule has 1 aromatic carbocycles. The second-order valence-corrected chi connectivity index (χ2v) is 8.99. The summed E-state index contributed by atoms with van der Waals surface area (Å²) in [6.45, 7) is 3.83. The van der Waals surface area contributed by atoms with Gasteiger partial charge in [0.15, 0.2) is 5.16 Å². The topological polar surface area (TPSA) is 139 Å². The van der Waals surface area contributed by atoms with E-state index in [0.717, 1.165) is 5.69 Å². The lowest BCUT2D eigenvalue weighted by Crippen LogP contribution is -2.53. The van der Waals surface area contributed by atoms with Crippen molar-refractivity contribution in [2.45, 2.75) is 31.0 Å². The molecular weight excluding hydrogens is 474 g/mol. The lowest BCUT2D eigenvalue weighted by molar-refractivity contribution is -0.130. The number of thioether (sulfide) groups is 1. The first kappa shape index (κ1) is 24.5. The van der Waals surface area contributed by atoms with Gasteiger partial charge in [-0.25, -0.2) is 9.59 Å². The Morgan fingerprint density at radius 2 is 1.80 bits per heavy atom. The molecule has 2 aliphatic heterocycles. The van der Waals surface area contributed by atoms with Crippen molar-refractivity contribution in [3.63, 3.8) is 0 Å². The van der Waals surface area contributed by atoms with Crippen LogP contribution in [0.3, 0.4) is 0 Å². The number of amides is 5. The largest absolute Gasteiger partial charge is 0.450 e. The first-order valence-electron chi connectivity index (χ1n) is 11.4. The third kappa shape index (κ3) is 6.10. The number of carbonyl (C=O) groups is 4. The van der Waals surface area contributed by atoms with Crippen molar-refractivity contribution < 1.29 is 23.9 Å². The van der Waals surface area contributed by atoms with Gasteiger partial charge in [-0.3, -0.25) is 19.5 Å². The summed E-state index contributed by atoms with van der Waals surface area (Å²) in [5, 5.41) is 14.1. The maximum absolute atomic E-state index is 12.8. The van der Waals surface area contributed by atoms with Crippen molar-refractivity contribution >= 4 is 35.7 Å². The quantitative estimate of drug-likeness (QED) is 0.531. The van der Waals surface area contributed by atoms with Crippen LogP contribution in [0.5, 0.6) is 0 Å². The standard InChI is InChI=1S/C22H27N7O5S/c1-2-34-22(33)28-10-8-27(9-11-28)19(31)14-35-21-26-25-17(29(21)16-6-4-3-5-7-16)12-15-13-18(30)24-20(32)23-15/h3-7,15H,2,8-14H2,1H3,(H2,23,24,30,32). The van der Waals surface area contributed by atoms with Crippen molar-refractivity contribution in [3.8, 4) is 5.69 Å². The summed E-state index contributed by atoms with van der Waals surface area (Å²) in [4.78, 5) is 51.5. The van der Waals surface area contributed by atoms with Crippen molar-refractivity contribution in [1.29, 1.82) is 0 Å². The minimum Gasteiger partial charge on any atom is -0.450 e. The number of benzene rings is 1. The highest BCUT2D eigenvalue weighted by Crippen LogP contribution is 2.24. The van der Waals surface area contributed by atoms with E-state index in [-0.39, 0.29) is 30.1 Å². The van der Waals surface area contributed by atoms with E-state index in [2.05, 4.69) is 20.8 Å². The minimum atomic E-state index is -0.528. The van der Waals surface area contributed by atoms with Gasteiger partial charge in [-0.15, -0.1) is 10.2 Å². The summed E-state index contributed by atoms with van der Waals surface area (Å²) in [7, 11) is 0. The Hall–Kier alpha value is -3.61. The maximum atomic E-state index is 12.8. The highest BCUT2D eigenvalue weighted by atomic mass is 32.2. The molecule has 2 aliphatic rings. The van der Waals surface area contributed by atoms with Gasteiger partial charge in [0.05, 0.1) is 12.4 Å². The summed E-state index contributed by atoms with van der Waals surface area (Å²) >= 11 is 1.27. The number of nitrogens with zero attached hydrogens (tertiary/aromatic N) is 5. The van der Waals surface area contributed by atoms with Gasteiger partial charge in [0.25, 0.3) is 0 Å². The Bertz CT molecular complexity index is 1070. The number of piperazine rings is 1. The van der Waals surface area contributed by atoms with E-state index in [4.69, 9.17) is 4.74 Å². The van der Waals surface area contributed by atoms with Crippen LogP contribution in [0.15, 0.2) is 35.5 Å². The average molecular weight is 502 g/mol. The molecule has 1 aromatic heterocycles. The van der Waals surface area contributed by atoms with Gasteiger partial charge < -0.3 is 19.9 Å². The number of aromatic nitrogens is 3. The number of hydrogen-bond donors (Lipinski definition) is 2. The molecule has 0 saturated carbocycles. The second kappa shape index (κ2) is 11.2. The Kier molecular flexibility index (Phi) is 7.85. The molecule has 4 rings (SSSR count). The Morgan fingerprint density at radius 1 is 1.09 bits per heavy atom. The first-order valence-corrected chi connectivity index (χ1v) is 12.4. The van der Waals surface area contributed by atoms with Crippen molar-refractivity contribution in [2.24, 2.45) is 0 Å². The van der Waals surface area contributed by atoms with Crippen molar-refractivity contribution in [1.82, 2.24) is 35.2 Å².